The Morgan fingerprint density at radius 3 is 3.00 bits per heavy atom. The van der Waals surface area contributed by atoms with E-state index in [2.05, 4.69) is 17.1 Å². The van der Waals surface area contributed by atoms with E-state index in [4.69, 9.17) is 0 Å². The van der Waals surface area contributed by atoms with E-state index in [0.29, 0.717) is 12.0 Å². The maximum atomic E-state index is 9.78. The highest BCUT2D eigenvalue weighted by atomic mass is 16.3. The second-order valence-electron chi connectivity index (χ2n) is 2.83. The number of hydrogen-bond acceptors (Lipinski definition) is 3. The molecule has 0 saturated heterocycles. The molecule has 0 aromatic heterocycles. The molecular weight excluding hydrogens is 176 g/mol. The summed E-state index contributed by atoms with van der Waals surface area (Å²) < 4.78 is 0. The Bertz CT molecular complexity index is 345. The Balaban J connectivity index is 3.00. The zero-order valence-corrected chi connectivity index (χ0v) is 8.20. The van der Waals surface area contributed by atoms with Gasteiger partial charge in [-0.05, 0) is 18.1 Å². The largest absolute Gasteiger partial charge is 0.507 e. The van der Waals surface area contributed by atoms with Gasteiger partial charge in [0.25, 0.3) is 0 Å². The molecule has 0 unspecified atom stereocenters. The van der Waals surface area contributed by atoms with Crippen molar-refractivity contribution < 1.29 is 5.11 Å². The molecule has 0 aliphatic carbocycles. The quantitative estimate of drug-likeness (QED) is 0.431. The number of phenols is 1. The van der Waals surface area contributed by atoms with Crippen molar-refractivity contribution in [2.75, 3.05) is 7.05 Å². The Morgan fingerprint density at radius 2 is 2.36 bits per heavy atom. The van der Waals surface area contributed by atoms with Gasteiger partial charge in [-0.2, -0.15) is 5.10 Å². The number of benzene rings is 1. The molecular formula is C11H14N2O. The summed E-state index contributed by atoms with van der Waals surface area (Å²) in [6.07, 6.45) is 4.00. The van der Waals surface area contributed by atoms with Gasteiger partial charge in [-0.3, -0.25) is 0 Å². The van der Waals surface area contributed by atoms with Gasteiger partial charge in [-0.25, -0.2) is 0 Å². The molecule has 3 nitrogen and oxygen atoms in total. The summed E-state index contributed by atoms with van der Waals surface area (Å²) in [4.78, 5) is 0. The highest BCUT2D eigenvalue weighted by Gasteiger charge is 2.02. The van der Waals surface area contributed by atoms with Gasteiger partial charge in [0, 0.05) is 12.6 Å². The molecule has 3 heteroatoms. The summed E-state index contributed by atoms with van der Waals surface area (Å²) in [5, 5.41) is 13.6. The average Bonchev–Trinajstić information content (AvgIpc) is 2.20. The number of rotatable bonds is 4. The minimum absolute atomic E-state index is 0.270. The molecule has 1 aromatic carbocycles. The number of hydrazone groups is 1. The van der Waals surface area contributed by atoms with Crippen LogP contribution in [0.3, 0.4) is 0 Å². The van der Waals surface area contributed by atoms with Crippen LogP contribution in [0.2, 0.25) is 0 Å². The molecule has 0 aliphatic heterocycles. The molecule has 1 rings (SSSR count). The minimum atomic E-state index is 0.270. The number of nitrogens with zero attached hydrogens (tertiary/aromatic N) is 1. The zero-order valence-electron chi connectivity index (χ0n) is 8.20. The maximum absolute atomic E-state index is 9.78. The first kappa shape index (κ1) is 10.3. The summed E-state index contributed by atoms with van der Waals surface area (Å²) in [6, 6.07) is 5.56. The van der Waals surface area contributed by atoms with E-state index in [0.717, 1.165) is 5.56 Å². The van der Waals surface area contributed by atoms with Crippen LogP contribution in [0.1, 0.15) is 11.1 Å². The van der Waals surface area contributed by atoms with Gasteiger partial charge in [0.2, 0.25) is 0 Å². The van der Waals surface area contributed by atoms with Crippen LogP contribution in [0.4, 0.5) is 0 Å². The van der Waals surface area contributed by atoms with E-state index in [1.54, 1.807) is 19.3 Å². The molecule has 0 fully saturated rings. The Morgan fingerprint density at radius 1 is 1.57 bits per heavy atom. The summed E-state index contributed by atoms with van der Waals surface area (Å²) in [7, 11) is 1.71. The summed E-state index contributed by atoms with van der Waals surface area (Å²) in [5.41, 5.74) is 4.20. The number of allylic oxidation sites excluding steroid dienone is 1. The van der Waals surface area contributed by atoms with Crippen LogP contribution in [-0.4, -0.2) is 18.4 Å². The topological polar surface area (TPSA) is 44.6 Å². The minimum Gasteiger partial charge on any atom is -0.507 e. The third-order valence-electron chi connectivity index (χ3n) is 1.85. The van der Waals surface area contributed by atoms with Crippen LogP contribution in [0.5, 0.6) is 5.75 Å². The second kappa shape index (κ2) is 5.07. The van der Waals surface area contributed by atoms with E-state index < -0.39 is 0 Å². The van der Waals surface area contributed by atoms with E-state index >= 15 is 0 Å². The molecule has 0 bridgehead atoms. The smallest absolute Gasteiger partial charge is 0.127 e. The Kier molecular flexibility index (Phi) is 3.73. The van der Waals surface area contributed by atoms with Crippen LogP contribution in [0, 0.1) is 0 Å². The van der Waals surface area contributed by atoms with Gasteiger partial charge in [0.05, 0.1) is 6.21 Å². The van der Waals surface area contributed by atoms with Crippen LogP contribution in [0.25, 0.3) is 0 Å². The van der Waals surface area contributed by atoms with Crippen LogP contribution in [0.15, 0.2) is 36.0 Å². The normalized spacial score (nSPS) is 10.4. The number of aromatic hydroxyl groups is 1. The van der Waals surface area contributed by atoms with E-state index in [1.807, 2.05) is 18.2 Å². The molecule has 0 aliphatic rings. The number of phenolic OH excluding ortho intramolecular Hbond substituents is 1. The average molecular weight is 190 g/mol. The lowest BCUT2D eigenvalue weighted by molar-refractivity contribution is 0.469. The van der Waals surface area contributed by atoms with E-state index in [1.165, 1.54) is 0 Å². The maximum Gasteiger partial charge on any atom is 0.127 e. The van der Waals surface area contributed by atoms with E-state index in [9.17, 15) is 5.11 Å². The van der Waals surface area contributed by atoms with Crippen molar-refractivity contribution in [3.8, 4) is 5.75 Å². The fourth-order valence-electron chi connectivity index (χ4n) is 1.17. The first-order valence-corrected chi connectivity index (χ1v) is 4.41. The third kappa shape index (κ3) is 2.36. The van der Waals surface area contributed by atoms with Crippen molar-refractivity contribution in [1.82, 2.24) is 5.43 Å². The highest BCUT2D eigenvalue weighted by molar-refractivity contribution is 5.83. The fraction of sp³-hybridized carbons (Fsp3) is 0.182. The highest BCUT2D eigenvalue weighted by Crippen LogP contribution is 2.21. The van der Waals surface area contributed by atoms with Crippen LogP contribution >= 0.6 is 0 Å². The summed E-state index contributed by atoms with van der Waals surface area (Å²) in [6.45, 7) is 3.63. The van der Waals surface area contributed by atoms with Crippen molar-refractivity contribution in [3.63, 3.8) is 0 Å². The molecule has 0 spiro atoms. The SMILES string of the molecule is C=CCc1cccc(C=NNC)c1O. The van der Waals surface area contributed by atoms with Gasteiger partial charge in [0.1, 0.15) is 5.75 Å². The number of nitrogens with one attached hydrogen (secondary N) is 1. The Labute approximate surface area is 83.8 Å². The molecule has 2 N–H and O–H groups in total. The van der Waals surface area contributed by atoms with Gasteiger partial charge >= 0.3 is 0 Å². The zero-order chi connectivity index (χ0) is 10.4. The fourth-order valence-corrected chi connectivity index (χ4v) is 1.17. The first-order chi connectivity index (χ1) is 6.79. The lowest BCUT2D eigenvalue weighted by Gasteiger charge is -2.03. The Hall–Kier alpha value is -1.77. The molecule has 0 radical (unpaired) electrons. The first-order valence-electron chi connectivity index (χ1n) is 4.41. The molecule has 74 valence electrons. The van der Waals surface area contributed by atoms with E-state index in [-0.39, 0.29) is 5.75 Å². The molecule has 0 saturated carbocycles. The summed E-state index contributed by atoms with van der Waals surface area (Å²) in [5.74, 6) is 0.270. The third-order valence-corrected chi connectivity index (χ3v) is 1.85. The molecule has 0 amide bonds. The monoisotopic (exact) mass is 190 g/mol. The van der Waals surface area contributed by atoms with Gasteiger partial charge in [-0.1, -0.05) is 18.2 Å². The van der Waals surface area contributed by atoms with Gasteiger partial charge in [0.15, 0.2) is 0 Å². The lowest BCUT2D eigenvalue weighted by atomic mass is 10.1. The van der Waals surface area contributed by atoms with Crippen molar-refractivity contribution in [2.45, 2.75) is 6.42 Å². The molecule has 0 heterocycles. The van der Waals surface area contributed by atoms with Crippen molar-refractivity contribution in [3.05, 3.63) is 42.0 Å². The lowest BCUT2D eigenvalue weighted by Crippen LogP contribution is -1.96. The molecule has 1 aromatic rings. The summed E-state index contributed by atoms with van der Waals surface area (Å²) >= 11 is 0. The number of para-hydroxylation sites is 1. The standard InChI is InChI=1S/C11H14N2O/c1-3-5-9-6-4-7-10(11(9)14)8-13-12-2/h3-4,6-8,12,14H,1,5H2,2H3. The van der Waals surface area contributed by atoms with Crippen LogP contribution in [-0.2, 0) is 6.42 Å². The second-order valence-corrected chi connectivity index (χ2v) is 2.83. The molecule has 0 atom stereocenters. The van der Waals surface area contributed by atoms with Crippen molar-refractivity contribution >= 4 is 6.21 Å². The number of hydrogen-bond donors (Lipinski definition) is 2. The van der Waals surface area contributed by atoms with Crippen molar-refractivity contribution in [2.24, 2.45) is 5.10 Å². The predicted octanol–water partition coefficient (Wildman–Crippen LogP) is 1.67. The van der Waals surface area contributed by atoms with Crippen molar-refractivity contribution in [1.29, 1.82) is 0 Å². The predicted molar refractivity (Wildman–Crippen MR) is 58.7 cm³/mol. The van der Waals surface area contributed by atoms with Gasteiger partial charge < -0.3 is 10.5 Å². The van der Waals surface area contributed by atoms with Crippen LogP contribution < -0.4 is 5.43 Å². The van der Waals surface area contributed by atoms with Gasteiger partial charge in [-0.15, -0.1) is 6.58 Å². The molecule has 14 heavy (non-hydrogen) atoms.